The van der Waals surface area contributed by atoms with Crippen LogP contribution in [0.25, 0.3) is 0 Å². The van der Waals surface area contributed by atoms with Crippen molar-refractivity contribution in [3.8, 4) is 0 Å². The van der Waals surface area contributed by atoms with Gasteiger partial charge in [-0.2, -0.15) is 8.78 Å². The molecule has 24 heavy (non-hydrogen) atoms. The number of aromatic nitrogens is 2. The Morgan fingerprint density at radius 2 is 1.92 bits per heavy atom. The summed E-state index contributed by atoms with van der Waals surface area (Å²) in [5.74, 6) is -0.333. The highest BCUT2D eigenvalue weighted by molar-refractivity contribution is 5.93. The summed E-state index contributed by atoms with van der Waals surface area (Å²) in [5, 5.41) is 0. The zero-order valence-corrected chi connectivity index (χ0v) is 13.5. The molecule has 1 aliphatic rings. The Hall–Kier alpha value is -2.28. The Balaban J connectivity index is 1.61. The monoisotopic (exact) mass is 334 g/mol. The number of hydrogen-bond donors (Lipinski definition) is 0. The van der Waals surface area contributed by atoms with E-state index in [1.54, 1.807) is 24.1 Å². The molecule has 1 saturated heterocycles. The number of piperazine rings is 1. The van der Waals surface area contributed by atoms with Gasteiger partial charge in [0.1, 0.15) is 5.69 Å². The Morgan fingerprint density at radius 3 is 2.54 bits per heavy atom. The average Bonchev–Trinajstić information content (AvgIpc) is 2.98. The van der Waals surface area contributed by atoms with Gasteiger partial charge >= 0.3 is 6.55 Å². The lowest BCUT2D eigenvalue weighted by Crippen LogP contribution is -2.48. The maximum absolute atomic E-state index is 13.1. The molecule has 128 valence electrons. The standard InChI is InChI=1S/C17H20F2N4O/c1-13-5-6-15(23(13)17(18)19)16(24)22-10-8-21(9-11-22)12-14-4-2-3-7-20-14/h2-7,17H,8-12H2,1H3. The van der Waals surface area contributed by atoms with Crippen LogP contribution in [-0.2, 0) is 6.54 Å². The fourth-order valence-electron chi connectivity index (χ4n) is 2.98. The largest absolute Gasteiger partial charge is 0.335 e. The molecule has 1 fully saturated rings. The number of pyridine rings is 1. The maximum atomic E-state index is 13.1. The van der Waals surface area contributed by atoms with E-state index in [-0.39, 0.29) is 11.6 Å². The molecule has 0 aromatic carbocycles. The van der Waals surface area contributed by atoms with Crippen LogP contribution in [0.5, 0.6) is 0 Å². The number of alkyl halides is 2. The van der Waals surface area contributed by atoms with Crippen LogP contribution < -0.4 is 0 Å². The highest BCUT2D eigenvalue weighted by Crippen LogP contribution is 2.20. The first-order chi connectivity index (χ1) is 11.6. The second kappa shape index (κ2) is 7.09. The summed E-state index contributed by atoms with van der Waals surface area (Å²) in [6.45, 7) is 2.07. The van der Waals surface area contributed by atoms with Gasteiger partial charge in [-0.15, -0.1) is 0 Å². The summed E-state index contributed by atoms with van der Waals surface area (Å²) in [4.78, 5) is 20.7. The van der Waals surface area contributed by atoms with Gasteiger partial charge in [0, 0.05) is 44.6 Å². The normalized spacial score (nSPS) is 15.9. The van der Waals surface area contributed by atoms with Crippen molar-refractivity contribution in [1.29, 1.82) is 0 Å². The first-order valence-corrected chi connectivity index (χ1v) is 7.94. The van der Waals surface area contributed by atoms with Gasteiger partial charge in [0.2, 0.25) is 0 Å². The van der Waals surface area contributed by atoms with Gasteiger partial charge in [0.15, 0.2) is 0 Å². The van der Waals surface area contributed by atoms with Crippen LogP contribution in [0, 0.1) is 6.92 Å². The smallest absolute Gasteiger partial charge is 0.319 e. The second-order valence-corrected chi connectivity index (χ2v) is 5.90. The number of halogens is 2. The third kappa shape index (κ3) is 3.46. The van der Waals surface area contributed by atoms with Crippen molar-refractivity contribution in [2.24, 2.45) is 0 Å². The number of carbonyl (C=O) groups is 1. The molecule has 3 heterocycles. The summed E-state index contributed by atoms with van der Waals surface area (Å²) in [6.07, 6.45) is 1.76. The minimum absolute atomic E-state index is 0.0562. The molecular formula is C17H20F2N4O. The lowest BCUT2D eigenvalue weighted by molar-refractivity contribution is 0.0489. The van der Waals surface area contributed by atoms with Crippen molar-refractivity contribution in [2.75, 3.05) is 26.2 Å². The predicted octanol–water partition coefficient (Wildman–Crippen LogP) is 2.54. The highest BCUT2D eigenvalue weighted by atomic mass is 19.3. The van der Waals surface area contributed by atoms with Gasteiger partial charge in [0.25, 0.3) is 5.91 Å². The van der Waals surface area contributed by atoms with Crippen molar-refractivity contribution in [3.63, 3.8) is 0 Å². The molecule has 0 bridgehead atoms. The second-order valence-electron chi connectivity index (χ2n) is 5.90. The van der Waals surface area contributed by atoms with Gasteiger partial charge in [-0.25, -0.2) is 0 Å². The van der Waals surface area contributed by atoms with E-state index in [0.717, 1.165) is 16.8 Å². The summed E-state index contributed by atoms with van der Waals surface area (Å²) >= 11 is 0. The molecule has 0 atom stereocenters. The van der Waals surface area contributed by atoms with E-state index in [9.17, 15) is 13.6 Å². The molecule has 7 heteroatoms. The van der Waals surface area contributed by atoms with E-state index in [4.69, 9.17) is 0 Å². The third-order valence-electron chi connectivity index (χ3n) is 4.31. The van der Waals surface area contributed by atoms with Crippen molar-refractivity contribution in [1.82, 2.24) is 19.4 Å². The fourth-order valence-corrected chi connectivity index (χ4v) is 2.98. The number of carbonyl (C=O) groups excluding carboxylic acids is 1. The van der Waals surface area contributed by atoms with E-state index in [1.807, 2.05) is 18.2 Å². The zero-order chi connectivity index (χ0) is 17.1. The van der Waals surface area contributed by atoms with Crippen molar-refractivity contribution >= 4 is 5.91 Å². The van der Waals surface area contributed by atoms with Gasteiger partial charge < -0.3 is 4.90 Å². The van der Waals surface area contributed by atoms with Gasteiger partial charge in [-0.05, 0) is 31.2 Å². The molecule has 0 N–H and O–H groups in total. The molecule has 2 aromatic rings. The number of rotatable bonds is 4. The minimum Gasteiger partial charge on any atom is -0.335 e. The minimum atomic E-state index is -2.70. The number of nitrogens with zero attached hydrogens (tertiary/aromatic N) is 4. The maximum Gasteiger partial charge on any atom is 0.319 e. The van der Waals surface area contributed by atoms with E-state index in [1.165, 1.54) is 6.07 Å². The summed E-state index contributed by atoms with van der Waals surface area (Å²) < 4.78 is 27.1. The molecule has 0 unspecified atom stereocenters. The van der Waals surface area contributed by atoms with Gasteiger partial charge in [0.05, 0.1) is 5.69 Å². The van der Waals surface area contributed by atoms with Gasteiger partial charge in [-0.3, -0.25) is 19.2 Å². The molecule has 0 spiro atoms. The molecule has 1 aliphatic heterocycles. The lowest BCUT2D eigenvalue weighted by atomic mass is 10.2. The van der Waals surface area contributed by atoms with Crippen molar-refractivity contribution < 1.29 is 13.6 Å². The average molecular weight is 334 g/mol. The van der Waals surface area contributed by atoms with Crippen LogP contribution in [0.4, 0.5) is 8.78 Å². The summed E-state index contributed by atoms with van der Waals surface area (Å²) in [5.41, 5.74) is 1.43. The highest BCUT2D eigenvalue weighted by Gasteiger charge is 2.26. The molecule has 5 nitrogen and oxygen atoms in total. The zero-order valence-electron chi connectivity index (χ0n) is 13.5. The molecule has 0 radical (unpaired) electrons. The number of hydrogen-bond acceptors (Lipinski definition) is 3. The Bertz CT molecular complexity index is 694. The van der Waals surface area contributed by atoms with Crippen LogP contribution in [0.3, 0.4) is 0 Å². The molecule has 2 aromatic heterocycles. The van der Waals surface area contributed by atoms with Crippen LogP contribution in [0.1, 0.15) is 28.4 Å². The molecule has 1 amide bonds. The Morgan fingerprint density at radius 1 is 1.17 bits per heavy atom. The van der Waals surface area contributed by atoms with Crippen molar-refractivity contribution in [3.05, 3.63) is 53.6 Å². The number of aryl methyl sites for hydroxylation is 1. The van der Waals surface area contributed by atoms with E-state index >= 15 is 0 Å². The molecule has 3 rings (SSSR count). The van der Waals surface area contributed by atoms with E-state index in [2.05, 4.69) is 9.88 Å². The first-order valence-electron chi connectivity index (χ1n) is 7.94. The third-order valence-corrected chi connectivity index (χ3v) is 4.31. The predicted molar refractivity (Wildman–Crippen MR) is 85.8 cm³/mol. The fraction of sp³-hybridized carbons (Fsp3) is 0.412. The van der Waals surface area contributed by atoms with Crippen LogP contribution in [0.2, 0.25) is 0 Å². The summed E-state index contributed by atoms with van der Waals surface area (Å²) in [6, 6.07) is 8.82. The first kappa shape index (κ1) is 16.6. The SMILES string of the molecule is Cc1ccc(C(=O)N2CCN(Cc3ccccn3)CC2)n1C(F)F. The van der Waals surface area contributed by atoms with Crippen molar-refractivity contribution in [2.45, 2.75) is 20.0 Å². The van der Waals surface area contributed by atoms with E-state index in [0.29, 0.717) is 31.9 Å². The van der Waals surface area contributed by atoms with E-state index < -0.39 is 6.55 Å². The lowest BCUT2D eigenvalue weighted by Gasteiger charge is -2.34. The van der Waals surface area contributed by atoms with Gasteiger partial charge in [-0.1, -0.05) is 6.07 Å². The van der Waals surface area contributed by atoms with Crippen LogP contribution >= 0.6 is 0 Å². The van der Waals surface area contributed by atoms with Crippen LogP contribution in [-0.4, -0.2) is 51.4 Å². The molecular weight excluding hydrogens is 314 g/mol. The number of amides is 1. The van der Waals surface area contributed by atoms with Crippen LogP contribution in [0.15, 0.2) is 36.5 Å². The quantitative estimate of drug-likeness (QED) is 0.863. The Kier molecular flexibility index (Phi) is 4.89. The topological polar surface area (TPSA) is 41.4 Å². The molecule has 0 saturated carbocycles. The molecule has 0 aliphatic carbocycles. The Labute approximate surface area is 139 Å². The summed E-state index contributed by atoms with van der Waals surface area (Å²) in [7, 11) is 0.